The van der Waals surface area contributed by atoms with E-state index in [0.29, 0.717) is 23.6 Å². The molecule has 0 radical (unpaired) electrons. The third-order valence-electron chi connectivity index (χ3n) is 10.2. The van der Waals surface area contributed by atoms with Crippen molar-refractivity contribution in [3.63, 3.8) is 0 Å². The minimum atomic E-state index is -0.852. The number of ether oxygens (including phenoxy) is 4. The number of aromatic amines is 1. The molecular weight excluding hydrogens is 550 g/mol. The third kappa shape index (κ3) is 4.42. The van der Waals surface area contributed by atoms with Gasteiger partial charge in [0.25, 0.3) is 5.56 Å². The SMILES string of the molecule is Cc1cn([C@H]2C[C@H](n3cc(CO[C@H]4O[C@@H]5O[C@]6(C)CC[C@H]7[C@H](C)CC[C@@H]([C@H]4C)[C@@]57OO6)nn3)[C@@H](CO)O2)c(=O)[nH]c1=O. The zero-order valence-electron chi connectivity index (χ0n) is 24.3. The molecule has 0 amide bonds. The minimum Gasteiger partial charge on any atom is -0.394 e. The Morgan fingerprint density at radius 3 is 2.79 bits per heavy atom. The fourth-order valence-electron chi connectivity index (χ4n) is 7.90. The highest BCUT2D eigenvalue weighted by Gasteiger charge is 2.69. The molecule has 42 heavy (non-hydrogen) atoms. The Morgan fingerprint density at radius 1 is 1.14 bits per heavy atom. The summed E-state index contributed by atoms with van der Waals surface area (Å²) in [5, 5.41) is 18.6. The minimum absolute atomic E-state index is 0.0304. The van der Waals surface area contributed by atoms with Gasteiger partial charge < -0.3 is 24.1 Å². The standard InChI is InChI=1S/C28H39N5O9/c1-14-5-6-19-16(3)24(39-25-28(19)18(14)7-8-27(4,40-25)41-42-28)37-13-17-11-33(31-30-17)20-9-22(38-21(20)12-34)32-10-15(2)23(35)29-26(32)36/h10-11,14,16,18-22,24-25,34H,5-9,12-13H2,1-4H3,(H,29,35,36)/t14-,16-,18+,19+,20+,21-,22-,24+,25-,27+,28-/m1/s1. The number of fused-ring (bicyclic) bond motifs is 2. The van der Waals surface area contributed by atoms with Gasteiger partial charge >= 0.3 is 5.69 Å². The molecule has 2 aromatic heterocycles. The van der Waals surface area contributed by atoms with E-state index in [0.717, 1.165) is 25.7 Å². The molecule has 2 N–H and O–H groups in total. The first-order valence-electron chi connectivity index (χ1n) is 14.9. The Morgan fingerprint density at radius 2 is 1.98 bits per heavy atom. The number of H-pyrrole nitrogens is 1. The normalized spacial score (nSPS) is 42.8. The Balaban J connectivity index is 1.05. The van der Waals surface area contributed by atoms with Crippen molar-refractivity contribution in [2.24, 2.45) is 23.7 Å². The topological polar surface area (TPSA) is 161 Å². The summed E-state index contributed by atoms with van der Waals surface area (Å²) in [5.74, 6) is 0.0888. The van der Waals surface area contributed by atoms with Crippen molar-refractivity contribution in [3.8, 4) is 0 Å². The molecule has 2 aromatic rings. The molecular formula is C28H39N5O9. The number of hydrogen-bond donors (Lipinski definition) is 2. The first-order valence-corrected chi connectivity index (χ1v) is 14.9. The Labute approximate surface area is 242 Å². The average molecular weight is 590 g/mol. The Hall–Kier alpha value is -2.46. The average Bonchev–Trinajstić information content (AvgIpc) is 3.55. The van der Waals surface area contributed by atoms with E-state index >= 15 is 0 Å². The maximum atomic E-state index is 12.4. The molecule has 5 saturated heterocycles. The number of hydrogen-bond acceptors (Lipinski definition) is 11. The van der Waals surface area contributed by atoms with Crippen LogP contribution in [0.1, 0.15) is 76.4 Å². The van der Waals surface area contributed by atoms with E-state index in [4.69, 9.17) is 28.7 Å². The van der Waals surface area contributed by atoms with E-state index in [9.17, 15) is 14.7 Å². The monoisotopic (exact) mass is 589 g/mol. The maximum Gasteiger partial charge on any atom is 0.330 e. The largest absolute Gasteiger partial charge is 0.394 e. The van der Waals surface area contributed by atoms with E-state index in [-0.39, 0.29) is 37.0 Å². The van der Waals surface area contributed by atoms with Crippen molar-refractivity contribution in [3.05, 3.63) is 44.5 Å². The van der Waals surface area contributed by atoms with E-state index in [1.165, 1.54) is 10.8 Å². The van der Waals surface area contributed by atoms with Crippen LogP contribution in [0, 0.1) is 30.6 Å². The van der Waals surface area contributed by atoms with Crippen LogP contribution in [0.4, 0.5) is 0 Å². The quantitative estimate of drug-likeness (QED) is 0.472. The lowest BCUT2D eigenvalue weighted by molar-refractivity contribution is -0.577. The molecule has 0 unspecified atom stereocenters. The number of nitrogens with one attached hydrogen (secondary N) is 1. The number of aliphatic hydroxyl groups is 1. The van der Waals surface area contributed by atoms with Crippen LogP contribution < -0.4 is 11.2 Å². The molecule has 6 fully saturated rings. The second kappa shape index (κ2) is 10.3. The fraction of sp³-hybridized carbons (Fsp3) is 0.786. The molecule has 0 aromatic carbocycles. The highest BCUT2D eigenvalue weighted by Crippen LogP contribution is 2.60. The van der Waals surface area contributed by atoms with Crippen molar-refractivity contribution < 1.29 is 33.8 Å². The van der Waals surface area contributed by atoms with Gasteiger partial charge in [0.15, 0.2) is 18.2 Å². The van der Waals surface area contributed by atoms with Gasteiger partial charge in [-0.1, -0.05) is 19.1 Å². The van der Waals surface area contributed by atoms with Gasteiger partial charge in [-0.3, -0.25) is 14.3 Å². The number of aryl methyl sites for hydroxylation is 1. The van der Waals surface area contributed by atoms with Gasteiger partial charge in [-0.25, -0.2) is 19.3 Å². The van der Waals surface area contributed by atoms with Crippen LogP contribution in [0.15, 0.2) is 22.0 Å². The highest BCUT2D eigenvalue weighted by atomic mass is 17.3. The number of aromatic nitrogens is 5. The first-order chi connectivity index (χ1) is 20.1. The zero-order chi connectivity index (χ0) is 29.4. The summed E-state index contributed by atoms with van der Waals surface area (Å²) in [4.78, 5) is 38.6. The van der Waals surface area contributed by atoms with Crippen LogP contribution in [0.2, 0.25) is 0 Å². The van der Waals surface area contributed by atoms with Gasteiger partial charge in [0.2, 0.25) is 5.79 Å². The Bertz CT molecular complexity index is 1440. The molecule has 7 heterocycles. The van der Waals surface area contributed by atoms with Crippen LogP contribution in [0.3, 0.4) is 0 Å². The van der Waals surface area contributed by atoms with Crippen LogP contribution in [0.5, 0.6) is 0 Å². The van der Waals surface area contributed by atoms with E-state index < -0.39 is 47.5 Å². The summed E-state index contributed by atoms with van der Waals surface area (Å²) in [7, 11) is 0. The lowest BCUT2D eigenvalue weighted by atomic mass is 9.58. The highest BCUT2D eigenvalue weighted by molar-refractivity contribution is 5.09. The predicted molar refractivity (Wildman–Crippen MR) is 142 cm³/mol. The summed E-state index contributed by atoms with van der Waals surface area (Å²) in [6.07, 6.45) is 4.96. The molecule has 5 aliphatic heterocycles. The summed E-state index contributed by atoms with van der Waals surface area (Å²) in [6.45, 7) is 7.83. The number of aliphatic hydroxyl groups excluding tert-OH is 1. The van der Waals surface area contributed by atoms with Crippen molar-refractivity contribution in [1.82, 2.24) is 24.5 Å². The van der Waals surface area contributed by atoms with Gasteiger partial charge in [0, 0.05) is 36.4 Å². The van der Waals surface area contributed by atoms with Crippen LogP contribution in [-0.2, 0) is 35.3 Å². The molecule has 11 atom stereocenters. The van der Waals surface area contributed by atoms with Gasteiger partial charge in [-0.15, -0.1) is 5.10 Å². The summed E-state index contributed by atoms with van der Waals surface area (Å²) < 4.78 is 28.2. The molecule has 6 aliphatic rings. The summed E-state index contributed by atoms with van der Waals surface area (Å²) >= 11 is 0. The van der Waals surface area contributed by atoms with E-state index in [2.05, 4.69) is 29.1 Å². The van der Waals surface area contributed by atoms with Crippen LogP contribution in [0.25, 0.3) is 0 Å². The number of nitrogens with zero attached hydrogens (tertiary/aromatic N) is 4. The van der Waals surface area contributed by atoms with Crippen molar-refractivity contribution in [2.45, 2.75) is 109 Å². The number of rotatable bonds is 6. The predicted octanol–water partition coefficient (Wildman–Crippen LogP) is 1.68. The molecule has 2 bridgehead atoms. The molecule has 1 saturated carbocycles. The van der Waals surface area contributed by atoms with E-state index in [1.807, 2.05) is 6.92 Å². The third-order valence-corrected chi connectivity index (χ3v) is 10.2. The molecule has 8 rings (SSSR count). The zero-order valence-corrected chi connectivity index (χ0v) is 24.3. The van der Waals surface area contributed by atoms with Gasteiger partial charge in [0.1, 0.15) is 18.0 Å². The Kier molecular flexibility index (Phi) is 6.96. The molecule has 1 aliphatic carbocycles. The molecule has 14 heteroatoms. The lowest BCUT2D eigenvalue weighted by Crippen LogP contribution is -2.70. The van der Waals surface area contributed by atoms with Gasteiger partial charge in [-0.05, 0) is 44.9 Å². The van der Waals surface area contributed by atoms with Gasteiger partial charge in [0.05, 0.1) is 25.5 Å². The lowest BCUT2D eigenvalue weighted by Gasteiger charge is -2.60. The van der Waals surface area contributed by atoms with Crippen molar-refractivity contribution in [2.75, 3.05) is 6.61 Å². The summed E-state index contributed by atoms with van der Waals surface area (Å²) in [6, 6.07) is -0.376. The molecule has 14 nitrogen and oxygen atoms in total. The van der Waals surface area contributed by atoms with Crippen molar-refractivity contribution in [1.29, 1.82) is 0 Å². The second-order valence-electron chi connectivity index (χ2n) is 12.9. The molecule has 230 valence electrons. The smallest absolute Gasteiger partial charge is 0.330 e. The fourth-order valence-corrected chi connectivity index (χ4v) is 7.90. The van der Waals surface area contributed by atoms with Crippen LogP contribution in [-0.4, -0.2) is 66.3 Å². The van der Waals surface area contributed by atoms with Gasteiger partial charge in [-0.2, -0.15) is 0 Å². The summed E-state index contributed by atoms with van der Waals surface area (Å²) in [5.41, 5.74) is -0.683. The molecule has 1 spiro atoms. The van der Waals surface area contributed by atoms with E-state index in [1.54, 1.807) is 17.8 Å². The first kappa shape index (κ1) is 28.3. The van der Waals surface area contributed by atoms with Crippen molar-refractivity contribution >= 4 is 0 Å². The van der Waals surface area contributed by atoms with Crippen LogP contribution >= 0.6 is 0 Å². The maximum absolute atomic E-state index is 12.4. The second-order valence-corrected chi connectivity index (χ2v) is 12.9.